The number of hydrogen-bond acceptors (Lipinski definition) is 3. The fourth-order valence-electron chi connectivity index (χ4n) is 2.06. The molecule has 0 aromatic heterocycles. The van der Waals surface area contributed by atoms with Gasteiger partial charge in [-0.1, -0.05) is 12.1 Å². The topological polar surface area (TPSA) is 49.4 Å². The highest BCUT2D eigenvalue weighted by Crippen LogP contribution is 2.27. The fourth-order valence-corrected chi connectivity index (χ4v) is 2.06. The Hall–Kier alpha value is -1.84. The van der Waals surface area contributed by atoms with E-state index in [0.717, 1.165) is 11.3 Å². The number of imide groups is 1. The highest BCUT2D eigenvalue weighted by atomic mass is 16.2. The molecule has 1 heterocycles. The first-order valence-electron chi connectivity index (χ1n) is 5.66. The Labute approximate surface area is 101 Å². The highest BCUT2D eigenvalue weighted by molar-refractivity contribution is 5.98. The number of nitrogens with zero attached hydrogens (tertiary/aromatic N) is 1. The molecule has 0 bridgehead atoms. The summed E-state index contributed by atoms with van der Waals surface area (Å²) in [5, 5.41) is 2.32. The SMILES string of the molecule is CN(C)c1ccc(C2CC(=O)NC(=O)C2)cc1. The Balaban J connectivity index is 2.16. The lowest BCUT2D eigenvalue weighted by Crippen LogP contribution is -2.37. The Bertz CT molecular complexity index is 421. The molecule has 0 radical (unpaired) electrons. The van der Waals surface area contributed by atoms with Crippen LogP contribution in [-0.4, -0.2) is 25.9 Å². The summed E-state index contributed by atoms with van der Waals surface area (Å²) in [6, 6.07) is 8.00. The quantitative estimate of drug-likeness (QED) is 0.781. The molecule has 4 heteroatoms. The van der Waals surface area contributed by atoms with Gasteiger partial charge >= 0.3 is 0 Å². The number of nitrogens with one attached hydrogen (secondary N) is 1. The van der Waals surface area contributed by atoms with Gasteiger partial charge in [-0.2, -0.15) is 0 Å². The predicted octanol–water partition coefficient (Wildman–Crippen LogP) is 1.27. The van der Waals surface area contributed by atoms with Crippen LogP contribution in [0.15, 0.2) is 24.3 Å². The van der Waals surface area contributed by atoms with Gasteiger partial charge in [-0.15, -0.1) is 0 Å². The molecule has 1 aromatic rings. The maximum absolute atomic E-state index is 11.3. The van der Waals surface area contributed by atoms with Gasteiger partial charge in [0.25, 0.3) is 0 Å². The minimum atomic E-state index is -0.178. The summed E-state index contributed by atoms with van der Waals surface area (Å²) in [5.41, 5.74) is 2.17. The third-order valence-corrected chi connectivity index (χ3v) is 3.02. The summed E-state index contributed by atoms with van der Waals surface area (Å²) in [6.45, 7) is 0. The Morgan fingerprint density at radius 2 is 1.59 bits per heavy atom. The van der Waals surface area contributed by atoms with E-state index >= 15 is 0 Å². The zero-order chi connectivity index (χ0) is 12.4. The van der Waals surface area contributed by atoms with Crippen LogP contribution in [0.25, 0.3) is 0 Å². The van der Waals surface area contributed by atoms with Crippen LogP contribution in [0.3, 0.4) is 0 Å². The van der Waals surface area contributed by atoms with Crippen molar-refractivity contribution in [3.8, 4) is 0 Å². The standard InChI is InChI=1S/C13H16N2O2/c1-15(2)11-5-3-9(4-6-11)10-7-12(16)14-13(17)8-10/h3-6,10H,7-8H2,1-2H3,(H,14,16,17). The molecule has 17 heavy (non-hydrogen) atoms. The van der Waals surface area contributed by atoms with E-state index in [9.17, 15) is 9.59 Å². The molecular weight excluding hydrogens is 216 g/mol. The van der Waals surface area contributed by atoms with Crippen LogP contribution in [0.5, 0.6) is 0 Å². The van der Waals surface area contributed by atoms with Crippen molar-refractivity contribution in [3.05, 3.63) is 29.8 Å². The zero-order valence-electron chi connectivity index (χ0n) is 10.1. The van der Waals surface area contributed by atoms with Gasteiger partial charge < -0.3 is 4.90 Å². The van der Waals surface area contributed by atoms with Crippen molar-refractivity contribution in [3.63, 3.8) is 0 Å². The third kappa shape index (κ3) is 2.64. The molecule has 90 valence electrons. The summed E-state index contributed by atoms with van der Waals surface area (Å²) in [6.07, 6.45) is 0.792. The highest BCUT2D eigenvalue weighted by Gasteiger charge is 2.25. The number of carbonyl (C=O) groups excluding carboxylic acids is 2. The number of benzene rings is 1. The maximum atomic E-state index is 11.3. The molecule has 1 aromatic carbocycles. The maximum Gasteiger partial charge on any atom is 0.227 e. The number of anilines is 1. The molecule has 0 atom stereocenters. The van der Waals surface area contributed by atoms with Crippen LogP contribution in [0.2, 0.25) is 0 Å². The van der Waals surface area contributed by atoms with Gasteiger partial charge in [0.2, 0.25) is 11.8 Å². The van der Waals surface area contributed by atoms with Gasteiger partial charge in [-0.05, 0) is 17.7 Å². The van der Waals surface area contributed by atoms with E-state index in [0.29, 0.717) is 12.8 Å². The summed E-state index contributed by atoms with van der Waals surface area (Å²) < 4.78 is 0. The number of rotatable bonds is 2. The normalized spacial score (nSPS) is 16.8. The predicted molar refractivity (Wildman–Crippen MR) is 65.9 cm³/mol. The molecule has 4 nitrogen and oxygen atoms in total. The fraction of sp³-hybridized carbons (Fsp3) is 0.385. The Kier molecular flexibility index (Phi) is 3.13. The lowest BCUT2D eigenvalue weighted by molar-refractivity contribution is -0.133. The summed E-state index contributed by atoms with van der Waals surface area (Å²) >= 11 is 0. The molecule has 0 spiro atoms. The van der Waals surface area contributed by atoms with Crippen LogP contribution in [0.1, 0.15) is 24.3 Å². The molecule has 2 amide bonds. The van der Waals surface area contributed by atoms with Crippen molar-refractivity contribution in [1.29, 1.82) is 0 Å². The summed E-state index contributed by atoms with van der Waals surface area (Å²) in [7, 11) is 3.96. The molecule has 2 rings (SSSR count). The third-order valence-electron chi connectivity index (χ3n) is 3.02. The largest absolute Gasteiger partial charge is 0.378 e. The van der Waals surface area contributed by atoms with E-state index in [4.69, 9.17) is 0 Å². The van der Waals surface area contributed by atoms with Gasteiger partial charge in [0.1, 0.15) is 0 Å². The van der Waals surface area contributed by atoms with E-state index in [1.165, 1.54) is 0 Å². The van der Waals surface area contributed by atoms with Gasteiger partial charge in [0.05, 0.1) is 0 Å². The Morgan fingerprint density at radius 1 is 1.06 bits per heavy atom. The van der Waals surface area contributed by atoms with Crippen LogP contribution in [-0.2, 0) is 9.59 Å². The lowest BCUT2D eigenvalue weighted by Gasteiger charge is -2.22. The van der Waals surface area contributed by atoms with Crippen molar-refractivity contribution < 1.29 is 9.59 Å². The van der Waals surface area contributed by atoms with Crippen LogP contribution < -0.4 is 10.2 Å². The number of piperidine rings is 1. The number of carbonyl (C=O) groups is 2. The molecule has 0 aliphatic carbocycles. The van der Waals surface area contributed by atoms with Crippen LogP contribution >= 0.6 is 0 Å². The van der Waals surface area contributed by atoms with Crippen LogP contribution in [0, 0.1) is 0 Å². The summed E-state index contributed by atoms with van der Waals surface area (Å²) in [5.74, 6) is -0.335. The monoisotopic (exact) mass is 232 g/mol. The van der Waals surface area contributed by atoms with E-state index in [1.807, 2.05) is 43.3 Å². The van der Waals surface area contributed by atoms with E-state index in [1.54, 1.807) is 0 Å². The average Bonchev–Trinajstić information content (AvgIpc) is 2.28. The smallest absolute Gasteiger partial charge is 0.227 e. The minimum absolute atomic E-state index is 0.0208. The van der Waals surface area contributed by atoms with Gasteiger partial charge in [-0.3, -0.25) is 14.9 Å². The molecule has 1 fully saturated rings. The second-order valence-electron chi connectivity index (χ2n) is 4.56. The van der Waals surface area contributed by atoms with Crippen LogP contribution in [0.4, 0.5) is 5.69 Å². The molecule has 1 aliphatic heterocycles. The van der Waals surface area contributed by atoms with Crippen molar-refractivity contribution in [2.45, 2.75) is 18.8 Å². The van der Waals surface area contributed by atoms with E-state index in [-0.39, 0.29) is 17.7 Å². The molecule has 1 aliphatic rings. The average molecular weight is 232 g/mol. The first kappa shape index (κ1) is 11.6. The van der Waals surface area contributed by atoms with Gasteiger partial charge in [-0.25, -0.2) is 0 Å². The van der Waals surface area contributed by atoms with Crippen molar-refractivity contribution in [2.24, 2.45) is 0 Å². The molecule has 0 saturated carbocycles. The minimum Gasteiger partial charge on any atom is -0.378 e. The first-order chi connectivity index (χ1) is 8.06. The second kappa shape index (κ2) is 4.57. The Morgan fingerprint density at radius 3 is 2.06 bits per heavy atom. The van der Waals surface area contributed by atoms with Gasteiger partial charge in [0, 0.05) is 38.5 Å². The second-order valence-corrected chi connectivity index (χ2v) is 4.56. The number of amides is 2. The molecule has 0 unspecified atom stereocenters. The molecule has 1 N–H and O–H groups in total. The van der Waals surface area contributed by atoms with Crippen molar-refractivity contribution >= 4 is 17.5 Å². The first-order valence-corrected chi connectivity index (χ1v) is 5.66. The molecular formula is C13H16N2O2. The van der Waals surface area contributed by atoms with E-state index < -0.39 is 0 Å². The molecule has 1 saturated heterocycles. The van der Waals surface area contributed by atoms with Crippen molar-refractivity contribution in [2.75, 3.05) is 19.0 Å². The summed E-state index contributed by atoms with van der Waals surface area (Å²) in [4.78, 5) is 24.6. The van der Waals surface area contributed by atoms with Gasteiger partial charge in [0.15, 0.2) is 0 Å². The number of hydrogen-bond donors (Lipinski definition) is 1. The van der Waals surface area contributed by atoms with E-state index in [2.05, 4.69) is 5.32 Å². The van der Waals surface area contributed by atoms with Crippen molar-refractivity contribution in [1.82, 2.24) is 5.32 Å². The lowest BCUT2D eigenvalue weighted by atomic mass is 9.89. The zero-order valence-corrected chi connectivity index (χ0v) is 10.1.